The maximum absolute atomic E-state index is 13.1. The first-order valence-corrected chi connectivity index (χ1v) is 13.3. The van der Waals surface area contributed by atoms with Crippen molar-refractivity contribution in [2.75, 3.05) is 11.9 Å². The van der Waals surface area contributed by atoms with Gasteiger partial charge in [-0.2, -0.15) is 5.10 Å². The van der Waals surface area contributed by atoms with E-state index in [-0.39, 0.29) is 11.7 Å². The molecule has 0 aliphatic rings. The molecule has 0 fully saturated rings. The molecule has 0 unspecified atom stereocenters. The molecular formula is C26H25Cl2N11O3. The fourth-order valence-corrected chi connectivity index (χ4v) is 4.69. The second-order valence-electron chi connectivity index (χ2n) is 9.26. The Morgan fingerprint density at radius 2 is 1.93 bits per heavy atom. The van der Waals surface area contributed by atoms with Gasteiger partial charge in [-0.25, -0.2) is 19.3 Å². The number of carboxylic acid groups (broad SMARTS) is 1. The smallest absolute Gasteiger partial charge is 0.411 e. The molecule has 0 saturated carbocycles. The summed E-state index contributed by atoms with van der Waals surface area (Å²) in [5, 5.41) is 31.5. The zero-order chi connectivity index (χ0) is 29.8. The first kappa shape index (κ1) is 28.6. The zero-order valence-electron chi connectivity index (χ0n) is 22.4. The Morgan fingerprint density at radius 3 is 2.60 bits per heavy atom. The molecule has 2 aromatic carbocycles. The van der Waals surface area contributed by atoms with Crippen LogP contribution in [0.4, 0.5) is 15.3 Å². The number of benzene rings is 2. The number of hydrogen-bond acceptors (Lipinski definition) is 7. The van der Waals surface area contributed by atoms with Crippen LogP contribution in [0.15, 0.2) is 61.1 Å². The minimum atomic E-state index is -1.08. The quantitative estimate of drug-likeness (QED) is 0.194. The zero-order valence-corrected chi connectivity index (χ0v) is 23.9. The predicted molar refractivity (Wildman–Crippen MR) is 155 cm³/mol. The van der Waals surface area contributed by atoms with Crippen molar-refractivity contribution in [2.45, 2.75) is 19.0 Å². The summed E-state index contributed by atoms with van der Waals surface area (Å²) >= 11 is 12.7. The van der Waals surface area contributed by atoms with E-state index in [0.29, 0.717) is 45.5 Å². The molecule has 3 aromatic heterocycles. The number of halogens is 2. The van der Waals surface area contributed by atoms with E-state index in [1.807, 2.05) is 12.3 Å². The largest absolute Gasteiger partial charge is 0.465 e. The number of carbonyl (C=O) groups excluding carboxylic acids is 1. The van der Waals surface area contributed by atoms with Gasteiger partial charge in [0.1, 0.15) is 23.0 Å². The summed E-state index contributed by atoms with van der Waals surface area (Å²) < 4.78 is 3.15. The lowest BCUT2D eigenvalue weighted by Gasteiger charge is -2.17. The van der Waals surface area contributed by atoms with E-state index in [2.05, 4.69) is 41.2 Å². The van der Waals surface area contributed by atoms with E-state index in [9.17, 15) is 14.7 Å². The number of urea groups is 1. The maximum Gasteiger partial charge on any atom is 0.411 e. The van der Waals surface area contributed by atoms with Crippen LogP contribution in [-0.4, -0.2) is 64.2 Å². The van der Waals surface area contributed by atoms with Gasteiger partial charge in [-0.05, 0) is 52.4 Å². The number of nitrogens with zero attached hydrogens (tertiary/aromatic N) is 8. The second kappa shape index (κ2) is 12.3. The van der Waals surface area contributed by atoms with Crippen molar-refractivity contribution in [3.63, 3.8) is 0 Å². The summed E-state index contributed by atoms with van der Waals surface area (Å²) in [4.78, 5) is 33.3. The number of aromatic nitrogens is 8. The van der Waals surface area contributed by atoms with Crippen LogP contribution in [0.25, 0.3) is 16.9 Å². The first-order valence-electron chi connectivity index (χ1n) is 12.5. The van der Waals surface area contributed by atoms with E-state index in [1.165, 1.54) is 18.1 Å². The second-order valence-corrected chi connectivity index (χ2v) is 10.1. The van der Waals surface area contributed by atoms with Crippen molar-refractivity contribution >= 4 is 41.0 Å². The molecule has 0 aliphatic carbocycles. The third-order valence-electron chi connectivity index (χ3n) is 6.39. The molecule has 216 valence electrons. The molecule has 3 heterocycles. The number of anilines is 1. The van der Waals surface area contributed by atoms with Crippen LogP contribution in [0.3, 0.4) is 0 Å². The molecule has 1 atom stereocenters. The molecule has 0 radical (unpaired) electrons. The number of imidazole rings is 1. The van der Waals surface area contributed by atoms with Gasteiger partial charge in [-0.1, -0.05) is 35.3 Å². The Hall–Kier alpha value is -4.95. The third kappa shape index (κ3) is 6.50. The highest BCUT2D eigenvalue weighted by molar-refractivity contribution is 6.32. The molecule has 5 rings (SSSR count). The average molecular weight is 610 g/mol. The number of nitrogens with one attached hydrogen (secondary N) is 3. The minimum Gasteiger partial charge on any atom is -0.465 e. The number of tetrazole rings is 1. The summed E-state index contributed by atoms with van der Waals surface area (Å²) in [5.41, 5.74) is 3.71. The number of rotatable bonds is 9. The highest BCUT2D eigenvalue weighted by Crippen LogP contribution is 2.30. The fourth-order valence-electron chi connectivity index (χ4n) is 4.25. The Morgan fingerprint density at radius 1 is 1.14 bits per heavy atom. The lowest BCUT2D eigenvalue weighted by Crippen LogP contribution is -2.39. The van der Waals surface area contributed by atoms with Crippen LogP contribution in [0.2, 0.25) is 10.2 Å². The lowest BCUT2D eigenvalue weighted by atomic mass is 10.1. The van der Waals surface area contributed by atoms with Crippen molar-refractivity contribution in [2.24, 2.45) is 7.05 Å². The van der Waals surface area contributed by atoms with Gasteiger partial charge >= 0.3 is 12.1 Å². The Labute approximate surface area is 249 Å². The van der Waals surface area contributed by atoms with Crippen molar-refractivity contribution < 1.29 is 14.7 Å². The van der Waals surface area contributed by atoms with Gasteiger partial charge in [-0.15, -0.1) is 5.10 Å². The van der Waals surface area contributed by atoms with Crippen LogP contribution < -0.4 is 15.5 Å². The molecule has 0 bridgehead atoms. The molecule has 5 aromatic rings. The van der Waals surface area contributed by atoms with Crippen molar-refractivity contribution in [3.8, 4) is 16.9 Å². The number of carbonyl (C=O) groups is 2. The van der Waals surface area contributed by atoms with Gasteiger partial charge in [-0.3, -0.25) is 9.58 Å². The molecule has 0 aliphatic heterocycles. The van der Waals surface area contributed by atoms with Crippen LogP contribution in [-0.2, 0) is 20.0 Å². The summed E-state index contributed by atoms with van der Waals surface area (Å²) in [6, 6.07) is 12.7. The SMILES string of the molecule is CN(C(=O)O)c1ccc(-c2nc([C@H](Cc3ccn(C)n3)NC(=O)NCc3cc(Cl)ccc3-n3cnnn3)[nH]c2Cl)cc1. The normalized spacial score (nSPS) is 11.7. The first-order chi connectivity index (χ1) is 20.2. The molecule has 42 heavy (non-hydrogen) atoms. The molecule has 3 amide bonds. The number of hydrogen-bond donors (Lipinski definition) is 4. The average Bonchev–Trinajstić information content (AvgIpc) is 3.73. The van der Waals surface area contributed by atoms with E-state index < -0.39 is 18.2 Å². The topological polar surface area (TPSA) is 172 Å². The van der Waals surface area contributed by atoms with Crippen LogP contribution in [0, 0.1) is 0 Å². The Bertz CT molecular complexity index is 1700. The fraction of sp³-hybridized carbons (Fsp3) is 0.192. The summed E-state index contributed by atoms with van der Waals surface area (Å²) in [7, 11) is 3.26. The standard InChI is InChI=1S/C26H25Cl2N11O3/c1-37-10-9-18(34-37)12-20(24-32-22(23(28)33-24)15-3-6-19(7-4-15)38(2)26(41)42)31-25(40)29-13-16-11-17(27)5-8-21(16)39-14-30-35-36-39/h3-11,14,20H,12-13H2,1-2H3,(H,32,33)(H,41,42)(H2,29,31,40)/t20-/m0/s1. The molecule has 0 spiro atoms. The molecule has 16 heteroatoms. The van der Waals surface area contributed by atoms with Gasteiger partial charge in [0.2, 0.25) is 0 Å². The van der Waals surface area contributed by atoms with E-state index in [0.717, 1.165) is 10.6 Å². The summed E-state index contributed by atoms with van der Waals surface area (Å²) in [6.45, 7) is 0.138. The Balaban J connectivity index is 1.36. The maximum atomic E-state index is 13.1. The van der Waals surface area contributed by atoms with Crippen molar-refractivity contribution in [1.82, 2.24) is 50.6 Å². The minimum absolute atomic E-state index is 0.138. The monoisotopic (exact) mass is 609 g/mol. The molecular weight excluding hydrogens is 585 g/mol. The van der Waals surface area contributed by atoms with Gasteiger partial charge in [0, 0.05) is 49.5 Å². The third-order valence-corrected chi connectivity index (χ3v) is 6.90. The summed E-state index contributed by atoms with van der Waals surface area (Å²) in [6.07, 6.45) is 2.51. The van der Waals surface area contributed by atoms with Crippen molar-refractivity contribution in [1.29, 1.82) is 0 Å². The molecule has 0 saturated heterocycles. The van der Waals surface area contributed by atoms with Crippen LogP contribution >= 0.6 is 23.2 Å². The number of aryl methyl sites for hydroxylation is 1. The van der Waals surface area contributed by atoms with E-state index >= 15 is 0 Å². The van der Waals surface area contributed by atoms with Crippen LogP contribution in [0.5, 0.6) is 0 Å². The van der Waals surface area contributed by atoms with Gasteiger partial charge in [0.15, 0.2) is 0 Å². The number of aromatic amines is 1. The molecule has 14 nitrogen and oxygen atoms in total. The molecule has 4 N–H and O–H groups in total. The van der Waals surface area contributed by atoms with Gasteiger partial charge in [0.25, 0.3) is 0 Å². The van der Waals surface area contributed by atoms with Crippen LogP contribution in [0.1, 0.15) is 23.1 Å². The van der Waals surface area contributed by atoms with E-state index in [1.54, 1.807) is 54.2 Å². The van der Waals surface area contributed by atoms with Crippen molar-refractivity contribution in [3.05, 3.63) is 88.3 Å². The highest BCUT2D eigenvalue weighted by Gasteiger charge is 2.23. The number of amides is 3. The van der Waals surface area contributed by atoms with E-state index in [4.69, 9.17) is 23.2 Å². The highest BCUT2D eigenvalue weighted by atomic mass is 35.5. The number of H-pyrrole nitrogens is 1. The van der Waals surface area contributed by atoms with Gasteiger partial charge < -0.3 is 20.7 Å². The predicted octanol–water partition coefficient (Wildman–Crippen LogP) is 3.99. The Kier molecular flexibility index (Phi) is 8.36. The summed E-state index contributed by atoms with van der Waals surface area (Å²) in [5.74, 6) is 0.416. The lowest BCUT2D eigenvalue weighted by molar-refractivity contribution is 0.203. The van der Waals surface area contributed by atoms with Gasteiger partial charge in [0.05, 0.1) is 17.4 Å².